The number of rotatable bonds is 4. The molecule has 3 heterocycles. The summed E-state index contributed by atoms with van der Waals surface area (Å²) in [5.74, 6) is 0. The topological polar surface area (TPSA) is 58.3 Å². The van der Waals surface area contributed by atoms with Gasteiger partial charge in [0.15, 0.2) is 5.13 Å². The highest BCUT2D eigenvalue weighted by molar-refractivity contribution is 7.80. The quantitative estimate of drug-likeness (QED) is 0.862. The van der Waals surface area contributed by atoms with Crippen molar-refractivity contribution < 1.29 is 0 Å². The molecule has 1 saturated heterocycles. The Bertz CT molecular complexity index is 606. The van der Waals surface area contributed by atoms with Gasteiger partial charge in [-0.3, -0.25) is 9.88 Å². The number of nitrogens with zero attached hydrogens (tertiary/aromatic N) is 4. The van der Waals surface area contributed by atoms with Crippen molar-refractivity contribution in [1.82, 2.24) is 14.9 Å². The average molecular weight is 319 g/mol. The summed E-state index contributed by atoms with van der Waals surface area (Å²) in [5, 5.41) is 3.13. The van der Waals surface area contributed by atoms with Gasteiger partial charge >= 0.3 is 0 Å². The van der Waals surface area contributed by atoms with Gasteiger partial charge in [0.1, 0.15) is 10.7 Å². The SMILES string of the molecule is NC(=S)c1ncccc1CN1CCN(c2nccs2)CC1. The fraction of sp³-hybridized carbons (Fsp3) is 0.357. The van der Waals surface area contributed by atoms with Crippen LogP contribution in [0.1, 0.15) is 11.3 Å². The van der Waals surface area contributed by atoms with Crippen molar-refractivity contribution in [2.45, 2.75) is 6.54 Å². The summed E-state index contributed by atoms with van der Waals surface area (Å²) in [6.45, 7) is 4.84. The van der Waals surface area contributed by atoms with Gasteiger partial charge in [-0.1, -0.05) is 18.3 Å². The Balaban J connectivity index is 1.62. The number of aromatic nitrogens is 2. The van der Waals surface area contributed by atoms with E-state index in [2.05, 4.69) is 25.8 Å². The Labute approximate surface area is 133 Å². The Morgan fingerprint density at radius 3 is 2.71 bits per heavy atom. The number of thiazole rings is 1. The molecular weight excluding hydrogens is 302 g/mol. The van der Waals surface area contributed by atoms with Gasteiger partial charge in [-0.15, -0.1) is 11.3 Å². The molecule has 3 rings (SSSR count). The van der Waals surface area contributed by atoms with Crippen molar-refractivity contribution in [3.05, 3.63) is 41.2 Å². The summed E-state index contributed by atoms with van der Waals surface area (Å²) in [4.78, 5) is 13.8. The molecule has 7 heteroatoms. The number of piperazine rings is 1. The number of hydrogen-bond acceptors (Lipinski definition) is 6. The van der Waals surface area contributed by atoms with Gasteiger partial charge in [0.25, 0.3) is 0 Å². The molecule has 0 spiro atoms. The lowest BCUT2D eigenvalue weighted by molar-refractivity contribution is 0.249. The van der Waals surface area contributed by atoms with Gasteiger partial charge < -0.3 is 10.6 Å². The number of nitrogens with two attached hydrogens (primary N) is 1. The number of anilines is 1. The van der Waals surface area contributed by atoms with Crippen LogP contribution in [0.2, 0.25) is 0 Å². The van der Waals surface area contributed by atoms with Crippen LogP contribution in [0, 0.1) is 0 Å². The van der Waals surface area contributed by atoms with Crippen LogP contribution < -0.4 is 10.6 Å². The molecule has 1 aliphatic rings. The van der Waals surface area contributed by atoms with E-state index < -0.39 is 0 Å². The van der Waals surface area contributed by atoms with Gasteiger partial charge in [-0.05, 0) is 11.6 Å². The van der Waals surface area contributed by atoms with E-state index in [-0.39, 0.29) is 0 Å². The van der Waals surface area contributed by atoms with Gasteiger partial charge in [0.2, 0.25) is 0 Å². The Kier molecular flexibility index (Phi) is 4.42. The van der Waals surface area contributed by atoms with Crippen LogP contribution >= 0.6 is 23.6 Å². The molecule has 0 atom stereocenters. The first-order valence-corrected chi connectivity index (χ1v) is 8.13. The molecule has 0 bridgehead atoms. The van der Waals surface area contributed by atoms with Crippen LogP contribution in [0.3, 0.4) is 0 Å². The highest BCUT2D eigenvalue weighted by atomic mass is 32.1. The first kappa shape index (κ1) is 14.4. The Hall–Kier alpha value is -1.57. The fourth-order valence-corrected chi connectivity index (χ4v) is 3.38. The predicted octanol–water partition coefficient (Wildman–Crippen LogP) is 1.49. The fourth-order valence-electron chi connectivity index (χ4n) is 2.50. The molecule has 1 fully saturated rings. The van der Waals surface area contributed by atoms with Crippen LogP contribution in [-0.4, -0.2) is 46.0 Å². The average Bonchev–Trinajstić information content (AvgIpc) is 3.03. The lowest BCUT2D eigenvalue weighted by Gasteiger charge is -2.34. The summed E-state index contributed by atoms with van der Waals surface area (Å²) < 4.78 is 0. The second-order valence-corrected chi connectivity index (χ2v) is 6.27. The highest BCUT2D eigenvalue weighted by Crippen LogP contribution is 2.20. The van der Waals surface area contributed by atoms with Crippen LogP contribution in [-0.2, 0) is 6.54 Å². The van der Waals surface area contributed by atoms with Gasteiger partial charge in [-0.25, -0.2) is 4.98 Å². The van der Waals surface area contributed by atoms with Crippen LogP contribution in [0.4, 0.5) is 5.13 Å². The maximum absolute atomic E-state index is 5.74. The second kappa shape index (κ2) is 6.46. The summed E-state index contributed by atoms with van der Waals surface area (Å²) in [7, 11) is 0. The number of hydrogen-bond donors (Lipinski definition) is 1. The van der Waals surface area contributed by atoms with Crippen molar-refractivity contribution >= 4 is 33.7 Å². The number of pyridine rings is 1. The van der Waals surface area contributed by atoms with E-state index in [1.807, 2.05) is 17.6 Å². The molecule has 0 radical (unpaired) electrons. The lowest BCUT2D eigenvalue weighted by atomic mass is 10.1. The predicted molar refractivity (Wildman–Crippen MR) is 89.7 cm³/mol. The van der Waals surface area contributed by atoms with E-state index >= 15 is 0 Å². The molecule has 5 nitrogen and oxygen atoms in total. The van der Waals surface area contributed by atoms with Crippen molar-refractivity contribution in [2.24, 2.45) is 5.73 Å². The summed E-state index contributed by atoms with van der Waals surface area (Å²) in [6, 6.07) is 3.98. The molecule has 110 valence electrons. The standard InChI is InChI=1S/C14H17N5S2/c15-13(20)12-11(2-1-3-16-12)10-18-5-7-19(8-6-18)14-17-4-9-21-14/h1-4,9H,5-8,10H2,(H2,15,20). The first-order chi connectivity index (χ1) is 10.2. The minimum absolute atomic E-state index is 0.368. The highest BCUT2D eigenvalue weighted by Gasteiger charge is 2.19. The van der Waals surface area contributed by atoms with Crippen LogP contribution in [0.15, 0.2) is 29.9 Å². The van der Waals surface area contributed by atoms with Crippen molar-refractivity contribution in [2.75, 3.05) is 31.1 Å². The monoisotopic (exact) mass is 319 g/mol. The molecule has 0 amide bonds. The van der Waals surface area contributed by atoms with E-state index in [9.17, 15) is 0 Å². The minimum Gasteiger partial charge on any atom is -0.388 e. The van der Waals surface area contributed by atoms with E-state index in [1.54, 1.807) is 17.5 Å². The summed E-state index contributed by atoms with van der Waals surface area (Å²) in [6.07, 6.45) is 3.59. The molecule has 0 unspecified atom stereocenters. The van der Waals surface area contributed by atoms with Crippen molar-refractivity contribution in [3.8, 4) is 0 Å². The molecule has 21 heavy (non-hydrogen) atoms. The molecule has 0 aromatic carbocycles. The Morgan fingerprint density at radius 1 is 1.24 bits per heavy atom. The zero-order valence-electron chi connectivity index (χ0n) is 11.6. The molecule has 0 aliphatic carbocycles. The lowest BCUT2D eigenvalue weighted by Crippen LogP contribution is -2.46. The molecule has 1 aliphatic heterocycles. The zero-order chi connectivity index (χ0) is 14.7. The maximum atomic E-state index is 5.74. The molecule has 2 aromatic rings. The first-order valence-electron chi connectivity index (χ1n) is 6.84. The molecule has 2 aromatic heterocycles. The zero-order valence-corrected chi connectivity index (χ0v) is 13.2. The smallest absolute Gasteiger partial charge is 0.185 e. The van der Waals surface area contributed by atoms with E-state index in [4.69, 9.17) is 18.0 Å². The molecule has 2 N–H and O–H groups in total. The van der Waals surface area contributed by atoms with E-state index in [0.717, 1.165) is 49.1 Å². The van der Waals surface area contributed by atoms with Gasteiger partial charge in [0, 0.05) is 50.5 Å². The molecular formula is C14H17N5S2. The summed E-state index contributed by atoms with van der Waals surface area (Å²) in [5.41, 5.74) is 7.59. The minimum atomic E-state index is 0.368. The van der Waals surface area contributed by atoms with Crippen LogP contribution in [0.25, 0.3) is 0 Å². The third-order valence-electron chi connectivity index (χ3n) is 3.58. The largest absolute Gasteiger partial charge is 0.388 e. The normalized spacial score (nSPS) is 16.1. The van der Waals surface area contributed by atoms with E-state index in [0.29, 0.717) is 4.99 Å². The Morgan fingerprint density at radius 2 is 2.05 bits per heavy atom. The summed E-state index contributed by atoms with van der Waals surface area (Å²) >= 11 is 6.77. The molecule has 0 saturated carbocycles. The maximum Gasteiger partial charge on any atom is 0.185 e. The van der Waals surface area contributed by atoms with Crippen molar-refractivity contribution in [1.29, 1.82) is 0 Å². The second-order valence-electron chi connectivity index (χ2n) is 4.95. The van der Waals surface area contributed by atoms with Gasteiger partial charge in [-0.2, -0.15) is 0 Å². The van der Waals surface area contributed by atoms with Gasteiger partial charge in [0.05, 0.1) is 0 Å². The van der Waals surface area contributed by atoms with Crippen molar-refractivity contribution in [3.63, 3.8) is 0 Å². The number of thiocarbonyl (C=S) groups is 1. The third-order valence-corrected chi connectivity index (χ3v) is 4.61. The van der Waals surface area contributed by atoms with Crippen LogP contribution in [0.5, 0.6) is 0 Å². The van der Waals surface area contributed by atoms with E-state index in [1.165, 1.54) is 0 Å². The third kappa shape index (κ3) is 3.37.